The van der Waals surface area contributed by atoms with Gasteiger partial charge in [-0.05, 0) is 42.3 Å². The van der Waals surface area contributed by atoms with Crippen LogP contribution in [0.4, 0.5) is 0 Å². The maximum Gasteiger partial charge on any atom is 0.263 e. The third kappa shape index (κ3) is 4.84. The number of carbonyl (C=O) groups excluding carboxylic acids is 1. The van der Waals surface area contributed by atoms with E-state index in [0.29, 0.717) is 22.4 Å². The predicted octanol–water partition coefficient (Wildman–Crippen LogP) is 3.94. The molecule has 1 N–H and O–H groups in total. The van der Waals surface area contributed by atoms with Crippen molar-refractivity contribution in [1.29, 1.82) is 0 Å². The number of hydrogen-bond acceptors (Lipinski definition) is 5. The highest BCUT2D eigenvalue weighted by atomic mass is 32.2. The number of para-hydroxylation sites is 1. The number of thioether (sulfide) groups is 1. The van der Waals surface area contributed by atoms with E-state index in [1.807, 2.05) is 55.5 Å². The van der Waals surface area contributed by atoms with Crippen LogP contribution in [0, 0.1) is 6.92 Å². The van der Waals surface area contributed by atoms with Crippen molar-refractivity contribution < 1.29 is 14.3 Å². The molecule has 3 rings (SSSR count). The number of hydrogen-bond donors (Lipinski definition) is 1. The minimum atomic E-state index is -0.159. The number of amides is 1. The fourth-order valence-corrected chi connectivity index (χ4v) is 3.34. The molecule has 0 spiro atoms. The summed E-state index contributed by atoms with van der Waals surface area (Å²) in [4.78, 5) is 12.3. The maximum atomic E-state index is 11.7. The van der Waals surface area contributed by atoms with Crippen LogP contribution in [0.3, 0.4) is 0 Å². The van der Waals surface area contributed by atoms with Gasteiger partial charge < -0.3 is 14.8 Å². The van der Waals surface area contributed by atoms with Gasteiger partial charge in [0.05, 0.1) is 4.91 Å². The Morgan fingerprint density at radius 3 is 2.68 bits per heavy atom. The summed E-state index contributed by atoms with van der Waals surface area (Å²) in [6, 6.07) is 15.4. The molecule has 25 heavy (non-hydrogen) atoms. The van der Waals surface area contributed by atoms with Gasteiger partial charge in [0.2, 0.25) is 0 Å². The summed E-state index contributed by atoms with van der Waals surface area (Å²) in [5.41, 5.74) is 1.99. The van der Waals surface area contributed by atoms with Gasteiger partial charge in [-0.3, -0.25) is 4.79 Å². The lowest BCUT2D eigenvalue weighted by atomic mass is 10.2. The molecule has 1 heterocycles. The molecule has 0 saturated carbocycles. The molecule has 1 amide bonds. The van der Waals surface area contributed by atoms with Crippen LogP contribution in [-0.2, 0) is 4.79 Å². The molecular weight excluding hydrogens is 354 g/mol. The van der Waals surface area contributed by atoms with Crippen LogP contribution in [0.5, 0.6) is 11.5 Å². The monoisotopic (exact) mass is 371 g/mol. The zero-order valence-electron chi connectivity index (χ0n) is 13.7. The number of benzene rings is 2. The van der Waals surface area contributed by atoms with Crippen LogP contribution in [0.25, 0.3) is 6.08 Å². The minimum Gasteiger partial charge on any atom is -0.490 e. The molecule has 0 bridgehead atoms. The standard InChI is InChI=1S/C19H17NO3S2/c1-13-5-2-3-8-16(13)23-10-9-22-15-7-4-6-14(11-15)12-17-18(21)20-19(24)25-17/h2-8,11-12H,9-10H2,1H3,(H,20,21,24)/b17-12-. The number of rotatable bonds is 6. The Morgan fingerprint density at radius 2 is 1.92 bits per heavy atom. The second kappa shape index (κ2) is 8.18. The zero-order valence-corrected chi connectivity index (χ0v) is 15.3. The van der Waals surface area contributed by atoms with Crippen molar-refractivity contribution in [3.05, 3.63) is 64.6 Å². The molecule has 1 aliphatic rings. The van der Waals surface area contributed by atoms with E-state index >= 15 is 0 Å². The quantitative estimate of drug-likeness (QED) is 0.473. The topological polar surface area (TPSA) is 47.6 Å². The molecule has 0 unspecified atom stereocenters. The number of thiocarbonyl (C=S) groups is 1. The van der Waals surface area contributed by atoms with E-state index in [1.165, 1.54) is 11.8 Å². The van der Waals surface area contributed by atoms with Gasteiger partial charge in [-0.2, -0.15) is 0 Å². The molecule has 2 aromatic carbocycles. The fraction of sp³-hybridized carbons (Fsp3) is 0.158. The summed E-state index contributed by atoms with van der Waals surface area (Å²) in [6.07, 6.45) is 1.80. The molecule has 1 saturated heterocycles. The van der Waals surface area contributed by atoms with Crippen LogP contribution >= 0.6 is 24.0 Å². The fourth-order valence-electron chi connectivity index (χ4n) is 2.30. The van der Waals surface area contributed by atoms with Crippen molar-refractivity contribution >= 4 is 40.3 Å². The van der Waals surface area contributed by atoms with Crippen LogP contribution in [0.2, 0.25) is 0 Å². The lowest BCUT2D eigenvalue weighted by Crippen LogP contribution is -2.17. The van der Waals surface area contributed by atoms with Gasteiger partial charge in [0.25, 0.3) is 5.91 Å². The summed E-state index contributed by atoms with van der Waals surface area (Å²) in [5.74, 6) is 1.44. The molecule has 0 radical (unpaired) electrons. The Hall–Kier alpha value is -2.31. The maximum absolute atomic E-state index is 11.7. The minimum absolute atomic E-state index is 0.159. The Kier molecular flexibility index (Phi) is 5.73. The van der Waals surface area contributed by atoms with E-state index in [0.717, 1.165) is 22.6 Å². The first-order chi connectivity index (χ1) is 12.1. The zero-order chi connectivity index (χ0) is 17.6. The average Bonchev–Trinajstić information content (AvgIpc) is 2.91. The van der Waals surface area contributed by atoms with Crippen LogP contribution < -0.4 is 14.8 Å². The van der Waals surface area contributed by atoms with Gasteiger partial charge >= 0.3 is 0 Å². The molecule has 1 aliphatic heterocycles. The lowest BCUT2D eigenvalue weighted by molar-refractivity contribution is -0.115. The van der Waals surface area contributed by atoms with E-state index < -0.39 is 0 Å². The van der Waals surface area contributed by atoms with Crippen molar-refractivity contribution in [3.63, 3.8) is 0 Å². The van der Waals surface area contributed by atoms with Crippen molar-refractivity contribution in [1.82, 2.24) is 5.32 Å². The normalized spacial score (nSPS) is 15.3. The number of carbonyl (C=O) groups is 1. The van der Waals surface area contributed by atoms with Gasteiger partial charge in [0.15, 0.2) is 0 Å². The first kappa shape index (κ1) is 17.5. The lowest BCUT2D eigenvalue weighted by Gasteiger charge is -2.10. The Labute approximate surface area is 156 Å². The molecule has 4 nitrogen and oxygen atoms in total. The molecule has 0 atom stereocenters. The van der Waals surface area contributed by atoms with Gasteiger partial charge in [0.1, 0.15) is 29.0 Å². The van der Waals surface area contributed by atoms with E-state index in [1.54, 1.807) is 6.08 Å². The Morgan fingerprint density at radius 1 is 1.12 bits per heavy atom. The molecule has 128 valence electrons. The molecular formula is C19H17NO3S2. The number of nitrogens with one attached hydrogen (secondary N) is 1. The van der Waals surface area contributed by atoms with Gasteiger partial charge in [-0.1, -0.05) is 54.3 Å². The van der Waals surface area contributed by atoms with E-state index in [2.05, 4.69) is 5.32 Å². The van der Waals surface area contributed by atoms with Gasteiger partial charge in [-0.25, -0.2) is 0 Å². The molecule has 1 fully saturated rings. The summed E-state index contributed by atoms with van der Waals surface area (Å²) in [6.45, 7) is 2.91. The summed E-state index contributed by atoms with van der Waals surface area (Å²) in [7, 11) is 0. The van der Waals surface area contributed by atoms with E-state index in [-0.39, 0.29) is 5.91 Å². The summed E-state index contributed by atoms with van der Waals surface area (Å²) in [5, 5.41) is 2.60. The molecule has 0 aromatic heterocycles. The molecule has 2 aromatic rings. The first-order valence-corrected chi connectivity index (χ1v) is 9.00. The number of aryl methyl sites for hydroxylation is 1. The molecule has 0 aliphatic carbocycles. The molecule has 6 heteroatoms. The van der Waals surface area contributed by atoms with Crippen molar-refractivity contribution in [3.8, 4) is 11.5 Å². The highest BCUT2D eigenvalue weighted by Crippen LogP contribution is 2.26. The second-order valence-electron chi connectivity index (χ2n) is 5.39. The van der Waals surface area contributed by atoms with Crippen molar-refractivity contribution in [2.24, 2.45) is 0 Å². The van der Waals surface area contributed by atoms with E-state index in [4.69, 9.17) is 21.7 Å². The van der Waals surface area contributed by atoms with Crippen molar-refractivity contribution in [2.75, 3.05) is 13.2 Å². The third-order valence-electron chi connectivity index (χ3n) is 3.50. The first-order valence-electron chi connectivity index (χ1n) is 7.78. The highest BCUT2D eigenvalue weighted by Gasteiger charge is 2.21. The van der Waals surface area contributed by atoms with Gasteiger partial charge in [-0.15, -0.1) is 0 Å². The third-order valence-corrected chi connectivity index (χ3v) is 4.66. The average molecular weight is 371 g/mol. The number of ether oxygens (including phenoxy) is 2. The Balaban J connectivity index is 1.55. The SMILES string of the molecule is Cc1ccccc1OCCOc1cccc(/C=C2\SC(=S)NC2=O)c1. The van der Waals surface area contributed by atoms with Gasteiger partial charge in [0, 0.05) is 0 Å². The largest absolute Gasteiger partial charge is 0.490 e. The smallest absolute Gasteiger partial charge is 0.263 e. The van der Waals surface area contributed by atoms with Crippen LogP contribution in [0.15, 0.2) is 53.4 Å². The van der Waals surface area contributed by atoms with E-state index in [9.17, 15) is 4.79 Å². The second-order valence-corrected chi connectivity index (χ2v) is 7.11. The highest BCUT2D eigenvalue weighted by molar-refractivity contribution is 8.26. The predicted molar refractivity (Wildman–Crippen MR) is 105 cm³/mol. The van der Waals surface area contributed by atoms with Crippen molar-refractivity contribution in [2.45, 2.75) is 6.92 Å². The summed E-state index contributed by atoms with van der Waals surface area (Å²) < 4.78 is 11.9. The van der Waals surface area contributed by atoms with Crippen LogP contribution in [-0.4, -0.2) is 23.4 Å². The summed E-state index contributed by atoms with van der Waals surface area (Å²) >= 11 is 6.25. The van der Waals surface area contributed by atoms with Crippen LogP contribution in [0.1, 0.15) is 11.1 Å². The Bertz CT molecular complexity index is 833.